The largest absolute Gasteiger partial charge is 0.330 e. The molecule has 0 bridgehead atoms. The molecule has 21 heavy (non-hydrogen) atoms. The molecule has 0 fully saturated rings. The maximum absolute atomic E-state index is 5.49. The molecule has 0 aromatic heterocycles. The summed E-state index contributed by atoms with van der Waals surface area (Å²) < 4.78 is 0. The Kier molecular flexibility index (Phi) is 18.9. The molecule has 1 heteroatoms. The minimum Gasteiger partial charge on any atom is -0.330 e. The molecule has 0 atom stereocenters. The normalized spacial score (nSPS) is 11.9. The van der Waals surface area contributed by atoms with Crippen molar-refractivity contribution in [2.45, 2.75) is 96.8 Å². The second kappa shape index (κ2) is 19.4. The van der Waals surface area contributed by atoms with E-state index in [0.29, 0.717) is 0 Å². The van der Waals surface area contributed by atoms with E-state index in [1.54, 1.807) is 0 Å². The van der Waals surface area contributed by atoms with Gasteiger partial charge in [-0.15, -0.1) is 0 Å². The van der Waals surface area contributed by atoms with Gasteiger partial charge in [-0.25, -0.2) is 0 Å². The third-order valence-corrected chi connectivity index (χ3v) is 4.00. The molecule has 0 saturated carbocycles. The smallest absolute Gasteiger partial charge is 0.00773 e. The summed E-state index contributed by atoms with van der Waals surface area (Å²) in [4.78, 5) is 0. The van der Waals surface area contributed by atoms with E-state index < -0.39 is 0 Å². The van der Waals surface area contributed by atoms with Crippen LogP contribution in [0.3, 0.4) is 0 Å². The van der Waals surface area contributed by atoms with Gasteiger partial charge in [-0.3, -0.25) is 0 Å². The molecule has 0 aliphatic rings. The number of rotatable bonds is 16. The lowest BCUT2D eigenvalue weighted by atomic mass is 10.0. The van der Waals surface area contributed by atoms with Crippen molar-refractivity contribution >= 4 is 0 Å². The summed E-state index contributed by atoms with van der Waals surface area (Å²) in [5.74, 6) is 0. The van der Waals surface area contributed by atoms with Gasteiger partial charge in [-0.2, -0.15) is 0 Å². The summed E-state index contributed by atoms with van der Waals surface area (Å²) in [6.45, 7) is 2.95. The van der Waals surface area contributed by atoms with Crippen LogP contribution in [-0.4, -0.2) is 6.54 Å². The van der Waals surface area contributed by atoms with Crippen LogP contribution in [0.15, 0.2) is 24.3 Å². The number of hydrogen-bond donors (Lipinski definition) is 1. The molecule has 0 saturated heterocycles. The lowest BCUT2D eigenvalue weighted by Gasteiger charge is -2.02. The second-order valence-corrected chi connectivity index (χ2v) is 6.10. The van der Waals surface area contributed by atoms with Gasteiger partial charge in [0, 0.05) is 0 Å². The van der Waals surface area contributed by atoms with E-state index in [-0.39, 0.29) is 0 Å². The molecule has 0 aromatic rings. The van der Waals surface area contributed by atoms with Gasteiger partial charge >= 0.3 is 0 Å². The van der Waals surface area contributed by atoms with E-state index in [4.69, 9.17) is 5.73 Å². The van der Waals surface area contributed by atoms with Crippen LogP contribution in [0, 0.1) is 0 Å². The standard InChI is InChI=1S/C20H39N/c1-2-3-4-5-6-7-8-9-10-11-12-13-14-15-16-17-18-19-20-21/h2-3,5-6H,4,7-21H2,1H3. The molecular formula is C20H39N. The summed E-state index contributed by atoms with van der Waals surface area (Å²) in [5.41, 5.74) is 5.49. The maximum atomic E-state index is 5.49. The van der Waals surface area contributed by atoms with Crippen LogP contribution < -0.4 is 5.73 Å². The van der Waals surface area contributed by atoms with Crippen molar-refractivity contribution in [1.82, 2.24) is 0 Å². The fraction of sp³-hybridized carbons (Fsp3) is 0.800. The van der Waals surface area contributed by atoms with Crippen LogP contribution in [-0.2, 0) is 0 Å². The van der Waals surface area contributed by atoms with Gasteiger partial charge < -0.3 is 5.73 Å². The molecule has 0 radical (unpaired) electrons. The summed E-state index contributed by atoms with van der Waals surface area (Å²) in [7, 11) is 0. The molecule has 124 valence electrons. The summed E-state index contributed by atoms with van der Waals surface area (Å²) >= 11 is 0. The van der Waals surface area contributed by atoms with E-state index in [0.717, 1.165) is 13.0 Å². The Morgan fingerprint density at radius 3 is 1.52 bits per heavy atom. The first kappa shape index (κ1) is 20.4. The summed E-state index contributed by atoms with van der Waals surface area (Å²) in [6.07, 6.45) is 28.1. The molecule has 0 amide bonds. The van der Waals surface area contributed by atoms with Crippen LogP contribution in [0.5, 0.6) is 0 Å². The first-order chi connectivity index (χ1) is 10.4. The highest BCUT2D eigenvalue weighted by atomic mass is 14.5. The third-order valence-electron chi connectivity index (χ3n) is 4.00. The van der Waals surface area contributed by atoms with E-state index in [1.807, 2.05) is 0 Å². The van der Waals surface area contributed by atoms with Crippen LogP contribution >= 0.6 is 0 Å². The number of hydrogen-bond acceptors (Lipinski definition) is 1. The molecular weight excluding hydrogens is 254 g/mol. The Morgan fingerprint density at radius 1 is 0.571 bits per heavy atom. The lowest BCUT2D eigenvalue weighted by molar-refractivity contribution is 0.542. The van der Waals surface area contributed by atoms with Crippen molar-refractivity contribution < 1.29 is 0 Å². The Bertz CT molecular complexity index is 230. The van der Waals surface area contributed by atoms with Gasteiger partial charge in [0.1, 0.15) is 0 Å². The predicted molar refractivity (Wildman–Crippen MR) is 97.6 cm³/mol. The Labute approximate surface area is 134 Å². The molecule has 0 aliphatic heterocycles. The topological polar surface area (TPSA) is 26.0 Å². The second-order valence-electron chi connectivity index (χ2n) is 6.10. The van der Waals surface area contributed by atoms with Crippen LogP contribution in [0.4, 0.5) is 0 Å². The predicted octanol–water partition coefficient (Wildman–Crippen LogP) is 6.54. The fourth-order valence-electron chi connectivity index (χ4n) is 2.60. The number of allylic oxidation sites excluding steroid dienone is 4. The van der Waals surface area contributed by atoms with Crippen LogP contribution in [0.25, 0.3) is 0 Å². The highest BCUT2D eigenvalue weighted by Crippen LogP contribution is 2.12. The minimum atomic E-state index is 0.867. The Balaban J connectivity index is 3.01. The molecule has 0 spiro atoms. The number of unbranched alkanes of at least 4 members (excludes halogenated alkanes) is 12. The fourth-order valence-corrected chi connectivity index (χ4v) is 2.60. The molecule has 0 heterocycles. The zero-order valence-electron chi connectivity index (χ0n) is 14.5. The van der Waals surface area contributed by atoms with Gasteiger partial charge in [0.2, 0.25) is 0 Å². The zero-order chi connectivity index (χ0) is 15.4. The molecule has 0 aromatic carbocycles. The average molecular weight is 294 g/mol. The summed E-state index contributed by atoms with van der Waals surface area (Å²) in [6, 6.07) is 0. The van der Waals surface area contributed by atoms with Gasteiger partial charge in [0.25, 0.3) is 0 Å². The average Bonchev–Trinajstić information content (AvgIpc) is 2.50. The molecule has 0 rings (SSSR count). The van der Waals surface area contributed by atoms with Gasteiger partial charge in [0.05, 0.1) is 0 Å². The summed E-state index contributed by atoms with van der Waals surface area (Å²) in [5, 5.41) is 0. The first-order valence-electron chi connectivity index (χ1n) is 9.38. The Morgan fingerprint density at radius 2 is 1.05 bits per heavy atom. The Hall–Kier alpha value is -0.560. The van der Waals surface area contributed by atoms with Gasteiger partial charge in [-0.1, -0.05) is 88.5 Å². The van der Waals surface area contributed by atoms with Crippen LogP contribution in [0.2, 0.25) is 0 Å². The maximum Gasteiger partial charge on any atom is -0.00773 e. The van der Waals surface area contributed by atoms with E-state index in [9.17, 15) is 0 Å². The van der Waals surface area contributed by atoms with E-state index in [2.05, 4.69) is 31.2 Å². The van der Waals surface area contributed by atoms with Crippen molar-refractivity contribution in [1.29, 1.82) is 0 Å². The van der Waals surface area contributed by atoms with E-state index >= 15 is 0 Å². The molecule has 2 N–H and O–H groups in total. The van der Waals surface area contributed by atoms with Crippen molar-refractivity contribution in [3.05, 3.63) is 24.3 Å². The zero-order valence-corrected chi connectivity index (χ0v) is 14.5. The first-order valence-corrected chi connectivity index (χ1v) is 9.38. The van der Waals surface area contributed by atoms with Crippen LogP contribution in [0.1, 0.15) is 96.8 Å². The quantitative estimate of drug-likeness (QED) is 0.254. The van der Waals surface area contributed by atoms with E-state index in [1.165, 1.54) is 83.5 Å². The molecule has 0 aliphatic carbocycles. The molecule has 1 nitrogen and oxygen atoms in total. The highest BCUT2D eigenvalue weighted by Gasteiger charge is 1.93. The monoisotopic (exact) mass is 293 g/mol. The molecule has 0 unspecified atom stereocenters. The lowest BCUT2D eigenvalue weighted by Crippen LogP contribution is -1.97. The van der Waals surface area contributed by atoms with Crippen molar-refractivity contribution in [2.24, 2.45) is 5.73 Å². The minimum absolute atomic E-state index is 0.867. The van der Waals surface area contributed by atoms with Gasteiger partial charge in [-0.05, 0) is 39.2 Å². The SMILES string of the molecule is CC=CCC=CCCCCCCCCCCCCCCN. The highest BCUT2D eigenvalue weighted by molar-refractivity contribution is 4.91. The van der Waals surface area contributed by atoms with Crippen molar-refractivity contribution in [3.8, 4) is 0 Å². The third kappa shape index (κ3) is 19.4. The number of nitrogens with two attached hydrogens (primary N) is 1. The van der Waals surface area contributed by atoms with Gasteiger partial charge in [0.15, 0.2) is 0 Å². The van der Waals surface area contributed by atoms with Crippen molar-refractivity contribution in [3.63, 3.8) is 0 Å². The van der Waals surface area contributed by atoms with Crippen molar-refractivity contribution in [2.75, 3.05) is 6.54 Å².